The van der Waals surface area contributed by atoms with E-state index in [0.717, 1.165) is 6.61 Å². The van der Waals surface area contributed by atoms with Crippen LogP contribution in [0, 0.1) is 0 Å². The Morgan fingerprint density at radius 3 is 2.73 bits per heavy atom. The van der Waals surface area contributed by atoms with Gasteiger partial charge in [-0.2, -0.15) is 0 Å². The second kappa shape index (κ2) is 5.92. The van der Waals surface area contributed by atoms with Crippen molar-refractivity contribution >= 4 is 0 Å². The van der Waals surface area contributed by atoms with Crippen molar-refractivity contribution in [2.45, 2.75) is 44.6 Å². The summed E-state index contributed by atoms with van der Waals surface area (Å²) in [6, 6.07) is 10.7. The van der Waals surface area contributed by atoms with Gasteiger partial charge in [-0.15, -0.1) is 0 Å². The zero-order chi connectivity index (χ0) is 10.3. The van der Waals surface area contributed by atoms with E-state index in [4.69, 9.17) is 4.74 Å². The highest BCUT2D eigenvalue weighted by molar-refractivity contribution is 5.14. The van der Waals surface area contributed by atoms with Gasteiger partial charge in [0.2, 0.25) is 0 Å². The van der Waals surface area contributed by atoms with E-state index >= 15 is 0 Å². The quantitative estimate of drug-likeness (QED) is 0.666. The molecular weight excluding hydrogens is 184 g/mol. The molecule has 0 aromatic heterocycles. The van der Waals surface area contributed by atoms with Crippen LogP contribution in [0.5, 0.6) is 0 Å². The lowest BCUT2D eigenvalue weighted by atomic mass is 10.0. The maximum absolute atomic E-state index is 5.61. The second-order valence-electron chi connectivity index (χ2n) is 4.37. The molecule has 0 amide bonds. The molecule has 1 nitrogen and oxygen atoms in total. The minimum absolute atomic E-state index is 0.570. The number of unbranched alkanes of at least 4 members (excludes halogenated alkanes) is 1. The molecule has 1 aliphatic heterocycles. The van der Waals surface area contributed by atoms with Gasteiger partial charge in [-0.25, -0.2) is 0 Å². The van der Waals surface area contributed by atoms with Gasteiger partial charge in [-0.05, 0) is 37.7 Å². The molecule has 1 fully saturated rings. The van der Waals surface area contributed by atoms with E-state index in [1.807, 2.05) is 0 Å². The smallest absolute Gasteiger partial charge is 0.0576 e. The lowest BCUT2D eigenvalue weighted by Gasteiger charge is -2.08. The van der Waals surface area contributed by atoms with Crippen LogP contribution in [0.2, 0.25) is 0 Å². The SMILES string of the molecule is c1ccc(CCCCC2CCCO2)cc1. The van der Waals surface area contributed by atoms with Crippen LogP contribution in [0.3, 0.4) is 0 Å². The topological polar surface area (TPSA) is 9.23 Å². The van der Waals surface area contributed by atoms with Gasteiger partial charge in [0.1, 0.15) is 0 Å². The van der Waals surface area contributed by atoms with Crippen LogP contribution >= 0.6 is 0 Å². The minimum Gasteiger partial charge on any atom is -0.378 e. The summed E-state index contributed by atoms with van der Waals surface area (Å²) in [6.07, 6.45) is 8.19. The molecule has 82 valence electrons. The third kappa shape index (κ3) is 3.67. The lowest BCUT2D eigenvalue weighted by molar-refractivity contribution is 0.102. The molecule has 1 heterocycles. The van der Waals surface area contributed by atoms with E-state index in [-0.39, 0.29) is 0 Å². The zero-order valence-corrected chi connectivity index (χ0v) is 9.32. The second-order valence-corrected chi connectivity index (χ2v) is 4.37. The molecule has 1 heteroatoms. The molecule has 1 aromatic rings. The zero-order valence-electron chi connectivity index (χ0n) is 9.32. The van der Waals surface area contributed by atoms with Gasteiger partial charge in [0.15, 0.2) is 0 Å². The Hall–Kier alpha value is -0.820. The Balaban J connectivity index is 1.59. The Kier molecular flexibility index (Phi) is 4.22. The Morgan fingerprint density at radius 2 is 2.00 bits per heavy atom. The molecule has 0 bridgehead atoms. The van der Waals surface area contributed by atoms with Gasteiger partial charge in [0.05, 0.1) is 6.10 Å². The van der Waals surface area contributed by atoms with Crippen LogP contribution in [0.1, 0.15) is 37.7 Å². The molecule has 1 unspecified atom stereocenters. The summed E-state index contributed by atoms with van der Waals surface area (Å²) in [5, 5.41) is 0. The Labute approximate surface area is 92.5 Å². The summed E-state index contributed by atoms with van der Waals surface area (Å²) in [7, 11) is 0. The van der Waals surface area contributed by atoms with Crippen LogP contribution in [-0.4, -0.2) is 12.7 Å². The van der Waals surface area contributed by atoms with Crippen molar-refractivity contribution in [2.75, 3.05) is 6.61 Å². The van der Waals surface area contributed by atoms with E-state index in [9.17, 15) is 0 Å². The highest BCUT2D eigenvalue weighted by Gasteiger charge is 2.14. The fourth-order valence-electron chi connectivity index (χ4n) is 2.22. The normalized spacial score (nSPS) is 20.7. The summed E-state index contributed by atoms with van der Waals surface area (Å²) in [5.41, 5.74) is 1.46. The predicted octanol–water partition coefficient (Wildman–Crippen LogP) is 3.58. The molecule has 0 aliphatic carbocycles. The van der Waals surface area contributed by atoms with Crippen LogP contribution in [-0.2, 0) is 11.2 Å². The number of benzene rings is 1. The van der Waals surface area contributed by atoms with Gasteiger partial charge >= 0.3 is 0 Å². The molecule has 1 saturated heterocycles. The van der Waals surface area contributed by atoms with Gasteiger partial charge < -0.3 is 4.74 Å². The first kappa shape index (κ1) is 10.7. The standard InChI is InChI=1S/C14H20O/c1-2-7-13(8-3-1)9-4-5-10-14-11-6-12-15-14/h1-3,7-8,14H,4-6,9-12H2. The average Bonchev–Trinajstić information content (AvgIpc) is 2.79. The number of ether oxygens (including phenoxy) is 1. The van der Waals surface area contributed by atoms with E-state index < -0.39 is 0 Å². The maximum atomic E-state index is 5.61. The van der Waals surface area contributed by atoms with E-state index in [0.29, 0.717) is 6.10 Å². The summed E-state index contributed by atoms with van der Waals surface area (Å²) >= 11 is 0. The molecule has 1 aliphatic rings. The van der Waals surface area contributed by atoms with Crippen molar-refractivity contribution in [3.8, 4) is 0 Å². The third-order valence-electron chi connectivity index (χ3n) is 3.11. The Bertz CT molecular complexity index is 262. The molecule has 0 radical (unpaired) electrons. The number of hydrogen-bond acceptors (Lipinski definition) is 1. The van der Waals surface area contributed by atoms with Crippen LogP contribution in [0.4, 0.5) is 0 Å². The van der Waals surface area contributed by atoms with E-state index in [2.05, 4.69) is 30.3 Å². The van der Waals surface area contributed by atoms with E-state index in [1.54, 1.807) is 0 Å². The predicted molar refractivity (Wildman–Crippen MR) is 63.0 cm³/mol. The Morgan fingerprint density at radius 1 is 1.13 bits per heavy atom. The van der Waals surface area contributed by atoms with Crippen molar-refractivity contribution < 1.29 is 4.74 Å². The lowest BCUT2D eigenvalue weighted by Crippen LogP contribution is -2.04. The summed E-state index contributed by atoms with van der Waals surface area (Å²) in [5.74, 6) is 0. The molecule has 1 aromatic carbocycles. The molecule has 2 rings (SSSR count). The highest BCUT2D eigenvalue weighted by atomic mass is 16.5. The highest BCUT2D eigenvalue weighted by Crippen LogP contribution is 2.18. The first-order valence-electron chi connectivity index (χ1n) is 6.11. The molecule has 0 saturated carbocycles. The summed E-state index contributed by atoms with van der Waals surface area (Å²) in [6.45, 7) is 0.989. The summed E-state index contributed by atoms with van der Waals surface area (Å²) < 4.78 is 5.61. The molecule has 15 heavy (non-hydrogen) atoms. The molecule has 1 atom stereocenters. The van der Waals surface area contributed by atoms with Gasteiger partial charge in [-0.1, -0.05) is 36.8 Å². The number of rotatable bonds is 5. The average molecular weight is 204 g/mol. The molecule has 0 N–H and O–H groups in total. The van der Waals surface area contributed by atoms with Crippen molar-refractivity contribution in [1.29, 1.82) is 0 Å². The first-order chi connectivity index (χ1) is 7.45. The van der Waals surface area contributed by atoms with Gasteiger partial charge in [0, 0.05) is 6.61 Å². The first-order valence-corrected chi connectivity index (χ1v) is 6.11. The van der Waals surface area contributed by atoms with Crippen LogP contribution < -0.4 is 0 Å². The van der Waals surface area contributed by atoms with Crippen molar-refractivity contribution in [3.63, 3.8) is 0 Å². The third-order valence-corrected chi connectivity index (χ3v) is 3.11. The molecular formula is C14H20O. The minimum atomic E-state index is 0.570. The monoisotopic (exact) mass is 204 g/mol. The summed E-state index contributed by atoms with van der Waals surface area (Å²) in [4.78, 5) is 0. The van der Waals surface area contributed by atoms with E-state index in [1.165, 1.54) is 44.1 Å². The van der Waals surface area contributed by atoms with Crippen molar-refractivity contribution in [1.82, 2.24) is 0 Å². The van der Waals surface area contributed by atoms with Crippen LogP contribution in [0.15, 0.2) is 30.3 Å². The fourth-order valence-corrected chi connectivity index (χ4v) is 2.22. The van der Waals surface area contributed by atoms with Crippen LogP contribution in [0.25, 0.3) is 0 Å². The van der Waals surface area contributed by atoms with Crippen molar-refractivity contribution in [2.24, 2.45) is 0 Å². The maximum Gasteiger partial charge on any atom is 0.0576 e. The number of hydrogen-bond donors (Lipinski definition) is 0. The fraction of sp³-hybridized carbons (Fsp3) is 0.571. The van der Waals surface area contributed by atoms with Gasteiger partial charge in [0.25, 0.3) is 0 Å². The number of aryl methyl sites for hydroxylation is 1. The van der Waals surface area contributed by atoms with Gasteiger partial charge in [-0.3, -0.25) is 0 Å². The van der Waals surface area contributed by atoms with Crippen molar-refractivity contribution in [3.05, 3.63) is 35.9 Å². The molecule has 0 spiro atoms. The largest absolute Gasteiger partial charge is 0.378 e.